The van der Waals surface area contributed by atoms with Crippen molar-refractivity contribution in [3.63, 3.8) is 0 Å². The van der Waals surface area contributed by atoms with Gasteiger partial charge in [0.2, 0.25) is 11.8 Å². The van der Waals surface area contributed by atoms with Crippen LogP contribution in [0, 0.1) is 5.92 Å². The number of rotatable bonds is 7. The molecule has 1 aromatic rings. The van der Waals surface area contributed by atoms with Gasteiger partial charge in [0.05, 0.1) is 12.8 Å². The molecule has 9 heteroatoms. The number of hydrogen-bond donors (Lipinski definition) is 2. The number of piperidine rings is 1. The minimum Gasteiger partial charge on any atom is -0.467 e. The highest BCUT2D eigenvalue weighted by Crippen LogP contribution is 2.25. The largest absolute Gasteiger partial charge is 0.467 e. The third-order valence-electron chi connectivity index (χ3n) is 5.98. The Hall–Kier alpha value is -2.84. The minimum atomic E-state index is -0.906. The second-order valence-corrected chi connectivity index (χ2v) is 7.56. The van der Waals surface area contributed by atoms with Gasteiger partial charge in [-0.15, -0.1) is 0 Å². The molecular weight excluding hydrogens is 376 g/mol. The van der Waals surface area contributed by atoms with Gasteiger partial charge in [0.15, 0.2) is 0 Å². The first kappa shape index (κ1) is 20.9. The van der Waals surface area contributed by atoms with Gasteiger partial charge in [-0.05, 0) is 37.8 Å². The lowest BCUT2D eigenvalue weighted by atomic mass is 9.93. The molecule has 5 amide bonds. The van der Waals surface area contributed by atoms with Crippen LogP contribution < -0.4 is 10.6 Å². The van der Waals surface area contributed by atoms with E-state index in [1.54, 1.807) is 23.3 Å². The van der Waals surface area contributed by atoms with Crippen LogP contribution >= 0.6 is 0 Å². The Bertz CT molecular complexity index is 764. The van der Waals surface area contributed by atoms with Gasteiger partial charge in [-0.2, -0.15) is 0 Å². The van der Waals surface area contributed by atoms with E-state index in [1.807, 2.05) is 13.8 Å². The Labute approximate surface area is 169 Å². The average molecular weight is 404 g/mol. The Kier molecular flexibility index (Phi) is 6.24. The molecule has 29 heavy (non-hydrogen) atoms. The predicted molar refractivity (Wildman–Crippen MR) is 103 cm³/mol. The topological polar surface area (TPSA) is 112 Å². The molecule has 158 valence electrons. The van der Waals surface area contributed by atoms with Gasteiger partial charge in [-0.25, -0.2) is 4.79 Å². The van der Waals surface area contributed by atoms with E-state index < -0.39 is 11.6 Å². The Morgan fingerprint density at radius 1 is 1.24 bits per heavy atom. The molecular formula is C20H28N4O5. The lowest BCUT2D eigenvalue weighted by molar-refractivity contribution is -0.140. The maximum absolute atomic E-state index is 12.6. The molecule has 0 bridgehead atoms. The number of nitrogens with one attached hydrogen (secondary N) is 2. The molecule has 2 fully saturated rings. The molecule has 3 rings (SSSR count). The molecule has 0 atom stereocenters. The number of carbonyl (C=O) groups excluding carboxylic acids is 4. The highest BCUT2D eigenvalue weighted by atomic mass is 16.3. The molecule has 9 nitrogen and oxygen atoms in total. The van der Waals surface area contributed by atoms with E-state index in [0.717, 1.165) is 4.90 Å². The first-order valence-electron chi connectivity index (χ1n) is 10.1. The highest BCUT2D eigenvalue weighted by Gasteiger charge is 2.49. The van der Waals surface area contributed by atoms with Crippen LogP contribution in [0.1, 0.15) is 45.3 Å². The summed E-state index contributed by atoms with van der Waals surface area (Å²) < 4.78 is 5.20. The predicted octanol–water partition coefficient (Wildman–Crippen LogP) is 1.25. The SMILES string of the molecule is CCC1(CC)NC(=O)N(CC(=O)N2CCC(C(=O)NCc3ccco3)CC2)C1=O. The summed E-state index contributed by atoms with van der Waals surface area (Å²) in [6.45, 7) is 4.61. The molecule has 0 spiro atoms. The van der Waals surface area contributed by atoms with Crippen molar-refractivity contribution in [1.82, 2.24) is 20.4 Å². The Morgan fingerprint density at radius 3 is 2.48 bits per heavy atom. The fourth-order valence-electron chi connectivity index (χ4n) is 3.91. The van der Waals surface area contributed by atoms with Crippen LogP contribution in [0.2, 0.25) is 0 Å². The molecule has 2 N–H and O–H groups in total. The smallest absolute Gasteiger partial charge is 0.325 e. The standard InChI is InChI=1S/C20H28N4O5/c1-3-20(4-2)18(27)24(19(28)22-20)13-16(25)23-9-7-14(8-10-23)17(26)21-12-15-6-5-11-29-15/h5-6,11,14H,3-4,7-10,12-13H2,1-2H3,(H,21,26)(H,22,28). The second-order valence-electron chi connectivity index (χ2n) is 7.56. The summed E-state index contributed by atoms with van der Waals surface area (Å²) in [7, 11) is 0. The molecule has 2 saturated heterocycles. The second kappa shape index (κ2) is 8.67. The molecule has 3 heterocycles. The van der Waals surface area contributed by atoms with Gasteiger partial charge in [-0.1, -0.05) is 13.8 Å². The van der Waals surface area contributed by atoms with E-state index in [0.29, 0.717) is 51.1 Å². The zero-order valence-electron chi connectivity index (χ0n) is 16.9. The zero-order chi connectivity index (χ0) is 21.0. The average Bonchev–Trinajstić information content (AvgIpc) is 3.34. The van der Waals surface area contributed by atoms with Crippen LogP contribution in [-0.2, 0) is 20.9 Å². The van der Waals surface area contributed by atoms with E-state index in [9.17, 15) is 19.2 Å². The molecule has 2 aliphatic rings. The van der Waals surface area contributed by atoms with E-state index in [1.165, 1.54) is 0 Å². The normalized spacial score (nSPS) is 19.4. The van der Waals surface area contributed by atoms with E-state index >= 15 is 0 Å². The monoisotopic (exact) mass is 404 g/mol. The summed E-state index contributed by atoms with van der Waals surface area (Å²) in [6, 6.07) is 3.05. The van der Waals surface area contributed by atoms with E-state index in [4.69, 9.17) is 4.42 Å². The number of likely N-dealkylation sites (tertiary alicyclic amines) is 1. The quantitative estimate of drug-likeness (QED) is 0.664. The number of hydrogen-bond acceptors (Lipinski definition) is 5. The van der Waals surface area contributed by atoms with Crippen LogP contribution in [0.5, 0.6) is 0 Å². The fourth-order valence-corrected chi connectivity index (χ4v) is 3.91. The van der Waals surface area contributed by atoms with Crippen molar-refractivity contribution in [3.8, 4) is 0 Å². The third-order valence-corrected chi connectivity index (χ3v) is 5.98. The van der Waals surface area contributed by atoms with Crippen molar-refractivity contribution >= 4 is 23.8 Å². The molecule has 0 saturated carbocycles. The van der Waals surface area contributed by atoms with Crippen molar-refractivity contribution in [3.05, 3.63) is 24.2 Å². The number of imide groups is 1. The number of carbonyl (C=O) groups is 4. The number of amides is 5. The van der Waals surface area contributed by atoms with Crippen molar-refractivity contribution in [2.75, 3.05) is 19.6 Å². The fraction of sp³-hybridized carbons (Fsp3) is 0.600. The van der Waals surface area contributed by atoms with Crippen LogP contribution in [-0.4, -0.2) is 58.7 Å². The molecule has 1 aromatic heterocycles. The van der Waals surface area contributed by atoms with Gasteiger partial charge in [0.1, 0.15) is 17.8 Å². The van der Waals surface area contributed by atoms with Gasteiger partial charge in [-0.3, -0.25) is 19.3 Å². The van der Waals surface area contributed by atoms with Gasteiger partial charge in [0, 0.05) is 19.0 Å². The van der Waals surface area contributed by atoms with Crippen LogP contribution in [0.15, 0.2) is 22.8 Å². The van der Waals surface area contributed by atoms with Crippen LogP contribution in [0.4, 0.5) is 4.79 Å². The summed E-state index contributed by atoms with van der Waals surface area (Å²) in [6.07, 6.45) is 3.62. The Morgan fingerprint density at radius 2 is 1.93 bits per heavy atom. The van der Waals surface area contributed by atoms with Crippen molar-refractivity contribution in [1.29, 1.82) is 0 Å². The van der Waals surface area contributed by atoms with E-state index in [2.05, 4.69) is 10.6 Å². The van der Waals surface area contributed by atoms with Crippen LogP contribution in [0.3, 0.4) is 0 Å². The van der Waals surface area contributed by atoms with Crippen LogP contribution in [0.25, 0.3) is 0 Å². The maximum atomic E-state index is 12.6. The summed E-state index contributed by atoms with van der Waals surface area (Å²) in [5.41, 5.74) is -0.906. The number of furan rings is 1. The molecule has 0 aliphatic carbocycles. The minimum absolute atomic E-state index is 0.0572. The first-order chi connectivity index (χ1) is 13.9. The lowest BCUT2D eigenvalue weighted by Crippen LogP contribution is -2.49. The van der Waals surface area contributed by atoms with Crippen molar-refractivity contribution < 1.29 is 23.6 Å². The van der Waals surface area contributed by atoms with Gasteiger partial charge < -0.3 is 20.0 Å². The lowest BCUT2D eigenvalue weighted by Gasteiger charge is -2.32. The maximum Gasteiger partial charge on any atom is 0.325 e. The number of urea groups is 1. The van der Waals surface area contributed by atoms with E-state index in [-0.39, 0.29) is 30.2 Å². The molecule has 0 unspecified atom stereocenters. The Balaban J connectivity index is 1.48. The van der Waals surface area contributed by atoms with Crippen molar-refractivity contribution in [2.45, 2.75) is 51.6 Å². The first-order valence-corrected chi connectivity index (χ1v) is 10.1. The molecule has 2 aliphatic heterocycles. The summed E-state index contributed by atoms with van der Waals surface area (Å²) in [4.78, 5) is 52.4. The van der Waals surface area contributed by atoms with Gasteiger partial charge >= 0.3 is 6.03 Å². The molecule has 0 aromatic carbocycles. The molecule has 0 radical (unpaired) electrons. The summed E-state index contributed by atoms with van der Waals surface area (Å²) in [5, 5.41) is 5.58. The van der Waals surface area contributed by atoms with Gasteiger partial charge in [0.25, 0.3) is 5.91 Å². The van der Waals surface area contributed by atoms with Crippen molar-refractivity contribution in [2.24, 2.45) is 5.92 Å². The summed E-state index contributed by atoms with van der Waals surface area (Å²) in [5.74, 6) is -0.148. The number of nitrogens with zero attached hydrogens (tertiary/aromatic N) is 2. The third kappa shape index (κ3) is 4.28. The zero-order valence-corrected chi connectivity index (χ0v) is 16.9. The summed E-state index contributed by atoms with van der Waals surface area (Å²) >= 11 is 0. The highest BCUT2D eigenvalue weighted by molar-refractivity contribution is 6.09.